The first-order valence-corrected chi connectivity index (χ1v) is 11.4. The maximum absolute atomic E-state index is 15.1. The van der Waals surface area contributed by atoms with Gasteiger partial charge in [-0.25, -0.2) is 13.8 Å². The Morgan fingerprint density at radius 3 is 2.53 bits per heavy atom. The SMILES string of the molecule is CCN(CC(C)N(CC)c1ccc(C#N)cn1)C(=O)CCC(F)(F)c1ccnc2ccccc12. The van der Waals surface area contributed by atoms with Crippen LogP contribution in [0.25, 0.3) is 10.9 Å². The molecular weight excluding hydrogens is 436 g/mol. The largest absolute Gasteiger partial charge is 0.352 e. The minimum Gasteiger partial charge on any atom is -0.352 e. The number of pyridine rings is 2. The number of fused-ring (bicyclic) bond motifs is 1. The van der Waals surface area contributed by atoms with Crippen molar-refractivity contribution in [2.45, 2.75) is 45.6 Å². The molecule has 178 valence electrons. The second-order valence-corrected chi connectivity index (χ2v) is 8.16. The molecule has 0 N–H and O–H groups in total. The van der Waals surface area contributed by atoms with Gasteiger partial charge >= 0.3 is 0 Å². The molecular formula is C26H29F2N5O. The first-order chi connectivity index (χ1) is 16.3. The number of amides is 1. The zero-order chi connectivity index (χ0) is 24.7. The lowest BCUT2D eigenvalue weighted by molar-refractivity contribution is -0.133. The van der Waals surface area contributed by atoms with Gasteiger partial charge in [0.15, 0.2) is 0 Å². The number of carbonyl (C=O) groups is 1. The highest BCUT2D eigenvalue weighted by atomic mass is 19.3. The van der Waals surface area contributed by atoms with Crippen LogP contribution in [0, 0.1) is 11.3 Å². The molecule has 1 amide bonds. The van der Waals surface area contributed by atoms with E-state index in [2.05, 4.69) is 9.97 Å². The predicted octanol–water partition coefficient (Wildman–Crippen LogP) is 5.14. The third kappa shape index (κ3) is 5.66. The second-order valence-electron chi connectivity index (χ2n) is 8.16. The number of alkyl halides is 2. The molecule has 34 heavy (non-hydrogen) atoms. The Kier molecular flexibility index (Phi) is 8.11. The highest BCUT2D eigenvalue weighted by Gasteiger charge is 2.34. The Morgan fingerprint density at radius 1 is 1.12 bits per heavy atom. The molecule has 1 atom stereocenters. The van der Waals surface area contributed by atoms with Crippen LogP contribution < -0.4 is 4.90 Å². The molecule has 8 heteroatoms. The van der Waals surface area contributed by atoms with E-state index in [0.717, 1.165) is 0 Å². The number of anilines is 1. The zero-order valence-corrected chi connectivity index (χ0v) is 19.7. The molecule has 0 radical (unpaired) electrons. The third-order valence-electron chi connectivity index (χ3n) is 5.96. The van der Waals surface area contributed by atoms with E-state index >= 15 is 8.78 Å². The van der Waals surface area contributed by atoms with E-state index in [1.807, 2.05) is 31.7 Å². The number of halogens is 2. The quantitative estimate of drug-likeness (QED) is 0.415. The first-order valence-electron chi connectivity index (χ1n) is 11.4. The van der Waals surface area contributed by atoms with Crippen molar-refractivity contribution in [1.82, 2.24) is 14.9 Å². The minimum absolute atomic E-state index is 0.0843. The zero-order valence-electron chi connectivity index (χ0n) is 19.7. The van der Waals surface area contributed by atoms with Gasteiger partial charge in [0.25, 0.3) is 5.92 Å². The van der Waals surface area contributed by atoms with Crippen molar-refractivity contribution in [2.75, 3.05) is 24.5 Å². The summed E-state index contributed by atoms with van der Waals surface area (Å²) in [6, 6.07) is 13.6. The molecule has 2 aromatic heterocycles. The number of nitrogens with zero attached hydrogens (tertiary/aromatic N) is 5. The predicted molar refractivity (Wildman–Crippen MR) is 129 cm³/mol. The van der Waals surface area contributed by atoms with Gasteiger partial charge < -0.3 is 9.80 Å². The summed E-state index contributed by atoms with van der Waals surface area (Å²) in [5.41, 5.74) is 0.873. The van der Waals surface area contributed by atoms with Crippen molar-refractivity contribution >= 4 is 22.6 Å². The van der Waals surface area contributed by atoms with E-state index in [9.17, 15) is 4.79 Å². The van der Waals surface area contributed by atoms with Crippen LogP contribution >= 0.6 is 0 Å². The lowest BCUT2D eigenvalue weighted by atomic mass is 9.99. The molecule has 0 fully saturated rings. The summed E-state index contributed by atoms with van der Waals surface area (Å²) in [4.78, 5) is 25.0. The number of aromatic nitrogens is 2. The highest BCUT2D eigenvalue weighted by Crippen LogP contribution is 2.36. The van der Waals surface area contributed by atoms with Gasteiger partial charge in [0.1, 0.15) is 11.9 Å². The number of rotatable bonds is 10. The van der Waals surface area contributed by atoms with Crippen molar-refractivity contribution in [3.05, 3.63) is 66.0 Å². The van der Waals surface area contributed by atoms with Crippen molar-refractivity contribution in [2.24, 2.45) is 0 Å². The molecule has 2 heterocycles. The van der Waals surface area contributed by atoms with Crippen molar-refractivity contribution < 1.29 is 13.6 Å². The van der Waals surface area contributed by atoms with E-state index in [1.165, 1.54) is 18.5 Å². The molecule has 0 bridgehead atoms. The van der Waals surface area contributed by atoms with Crippen LogP contribution in [0.5, 0.6) is 0 Å². The van der Waals surface area contributed by atoms with Gasteiger partial charge in [0.05, 0.1) is 11.1 Å². The Balaban J connectivity index is 1.67. The van der Waals surface area contributed by atoms with Gasteiger partial charge in [-0.15, -0.1) is 0 Å². The lowest BCUT2D eigenvalue weighted by Crippen LogP contribution is -2.45. The number of hydrogen-bond acceptors (Lipinski definition) is 5. The Hall–Kier alpha value is -3.60. The van der Waals surface area contributed by atoms with Crippen LogP contribution in [0.1, 0.15) is 44.7 Å². The van der Waals surface area contributed by atoms with E-state index < -0.39 is 12.3 Å². The molecule has 1 aromatic carbocycles. The fourth-order valence-corrected chi connectivity index (χ4v) is 4.12. The van der Waals surface area contributed by atoms with E-state index in [1.54, 1.807) is 41.3 Å². The number of carbonyl (C=O) groups excluding carboxylic acids is 1. The average Bonchev–Trinajstić information content (AvgIpc) is 2.86. The lowest BCUT2D eigenvalue weighted by Gasteiger charge is -2.33. The van der Waals surface area contributed by atoms with Crippen molar-refractivity contribution in [3.63, 3.8) is 0 Å². The second kappa shape index (κ2) is 11.0. The Morgan fingerprint density at radius 2 is 1.88 bits per heavy atom. The summed E-state index contributed by atoms with van der Waals surface area (Å²) in [6.45, 7) is 7.25. The number of nitriles is 1. The number of hydrogen-bond donors (Lipinski definition) is 0. The molecule has 0 aliphatic rings. The van der Waals surface area contributed by atoms with E-state index in [0.29, 0.717) is 41.9 Å². The average molecular weight is 466 g/mol. The Bertz CT molecular complexity index is 1150. The maximum atomic E-state index is 15.1. The fourth-order valence-electron chi connectivity index (χ4n) is 4.12. The van der Waals surface area contributed by atoms with Gasteiger partial charge in [0, 0.05) is 61.9 Å². The molecule has 0 aliphatic heterocycles. The summed E-state index contributed by atoms with van der Waals surface area (Å²) in [5.74, 6) is -2.75. The smallest absolute Gasteiger partial charge is 0.274 e. The summed E-state index contributed by atoms with van der Waals surface area (Å²) in [5, 5.41) is 9.37. The minimum atomic E-state index is -3.15. The van der Waals surface area contributed by atoms with Crippen LogP contribution in [0.2, 0.25) is 0 Å². The van der Waals surface area contributed by atoms with Gasteiger partial charge in [0.2, 0.25) is 5.91 Å². The summed E-state index contributed by atoms with van der Waals surface area (Å²) in [7, 11) is 0. The van der Waals surface area contributed by atoms with E-state index in [4.69, 9.17) is 5.26 Å². The van der Waals surface area contributed by atoms with E-state index in [-0.39, 0.29) is 23.9 Å². The summed E-state index contributed by atoms with van der Waals surface area (Å²) < 4.78 is 30.2. The van der Waals surface area contributed by atoms with Crippen LogP contribution in [0.4, 0.5) is 14.6 Å². The molecule has 3 aromatic rings. The molecule has 0 saturated heterocycles. The summed E-state index contributed by atoms with van der Waals surface area (Å²) in [6.07, 6.45) is 2.06. The topological polar surface area (TPSA) is 73.1 Å². The monoisotopic (exact) mass is 465 g/mol. The van der Waals surface area contributed by atoms with Gasteiger partial charge in [-0.05, 0) is 45.0 Å². The molecule has 1 unspecified atom stereocenters. The fraction of sp³-hybridized carbons (Fsp3) is 0.385. The van der Waals surface area contributed by atoms with Crippen molar-refractivity contribution in [1.29, 1.82) is 5.26 Å². The van der Waals surface area contributed by atoms with Crippen LogP contribution in [0.3, 0.4) is 0 Å². The number of benzene rings is 1. The Labute approximate surface area is 198 Å². The third-order valence-corrected chi connectivity index (χ3v) is 5.96. The highest BCUT2D eigenvalue weighted by molar-refractivity contribution is 5.82. The van der Waals surface area contributed by atoms with Gasteiger partial charge in [-0.1, -0.05) is 18.2 Å². The molecule has 0 saturated carbocycles. The van der Waals surface area contributed by atoms with Crippen LogP contribution in [0.15, 0.2) is 54.9 Å². The normalized spacial score (nSPS) is 12.2. The number of likely N-dealkylation sites (N-methyl/N-ethyl adjacent to an activating group) is 2. The van der Waals surface area contributed by atoms with Gasteiger partial charge in [-0.2, -0.15) is 5.26 Å². The number of para-hydroxylation sites is 1. The molecule has 0 aliphatic carbocycles. The van der Waals surface area contributed by atoms with Crippen LogP contribution in [-0.4, -0.2) is 46.5 Å². The molecule has 3 rings (SSSR count). The first kappa shape index (κ1) is 25.0. The standard InChI is InChI=1S/C26H29F2N5O/c1-4-32(18-19(3)33(5-2)24-11-10-20(16-29)17-31-24)25(34)12-14-26(27,28)22-13-15-30-23-9-7-6-8-21(22)23/h6-11,13,15,17,19H,4-5,12,14,18H2,1-3H3. The molecule has 6 nitrogen and oxygen atoms in total. The molecule has 0 spiro atoms. The van der Waals surface area contributed by atoms with Crippen LogP contribution in [-0.2, 0) is 10.7 Å². The summed E-state index contributed by atoms with van der Waals surface area (Å²) >= 11 is 0. The van der Waals surface area contributed by atoms with Gasteiger partial charge in [-0.3, -0.25) is 9.78 Å². The van der Waals surface area contributed by atoms with Crippen molar-refractivity contribution in [3.8, 4) is 6.07 Å². The maximum Gasteiger partial charge on any atom is 0.274 e.